The minimum absolute atomic E-state index is 0.438. The molecule has 0 amide bonds. The number of nitrogen functional groups attached to an aromatic ring is 1. The highest BCUT2D eigenvalue weighted by Gasteiger charge is 2.10. The smallest absolute Gasteiger partial charge is 0.336 e. The first kappa shape index (κ1) is 5.84. The molecule has 0 spiro atoms. The molecule has 0 radical (unpaired) electrons. The summed E-state index contributed by atoms with van der Waals surface area (Å²) in [5.41, 5.74) is 5.34. The summed E-state index contributed by atoms with van der Waals surface area (Å²) >= 11 is 4.03. The first-order chi connectivity index (χ1) is 3.70. The lowest BCUT2D eigenvalue weighted by molar-refractivity contribution is 1.17. The van der Waals surface area contributed by atoms with Gasteiger partial charge in [0.1, 0.15) is 11.7 Å². The molecule has 0 saturated heterocycles. The van der Waals surface area contributed by atoms with Crippen molar-refractivity contribution in [1.82, 2.24) is 9.36 Å². The fourth-order valence-electron chi connectivity index (χ4n) is 0.393. The molecule has 1 aromatic rings. The maximum atomic E-state index is 5.34. The van der Waals surface area contributed by atoms with E-state index in [1.54, 1.807) is 6.92 Å². The van der Waals surface area contributed by atoms with Crippen molar-refractivity contribution in [3.8, 4) is 0 Å². The number of thiol groups is 1. The number of aryl methyl sites for hydroxylation is 1. The minimum atomic E-state index is -0.438. The SMILES string of the molecule is Cc1nc(N)[s+](S)n1. The van der Waals surface area contributed by atoms with E-state index in [4.69, 9.17) is 5.73 Å². The molecule has 1 aromatic heterocycles. The van der Waals surface area contributed by atoms with Crippen LogP contribution in [0.3, 0.4) is 0 Å². The van der Waals surface area contributed by atoms with Crippen molar-refractivity contribution < 1.29 is 0 Å². The molecule has 0 bridgehead atoms. The summed E-state index contributed by atoms with van der Waals surface area (Å²) in [6, 6.07) is 0. The van der Waals surface area contributed by atoms with Crippen molar-refractivity contribution in [3.63, 3.8) is 0 Å². The van der Waals surface area contributed by atoms with Gasteiger partial charge < -0.3 is 5.73 Å². The van der Waals surface area contributed by atoms with Gasteiger partial charge in [0.15, 0.2) is 5.82 Å². The van der Waals surface area contributed by atoms with Gasteiger partial charge in [0.25, 0.3) is 0 Å². The Morgan fingerprint density at radius 1 is 1.75 bits per heavy atom. The van der Waals surface area contributed by atoms with Crippen LogP contribution in [-0.2, 0) is 0 Å². The van der Waals surface area contributed by atoms with E-state index in [0.717, 1.165) is 5.82 Å². The van der Waals surface area contributed by atoms with Crippen LogP contribution in [-0.4, -0.2) is 9.36 Å². The Hall–Kier alpha value is -0.290. The van der Waals surface area contributed by atoms with Gasteiger partial charge in [-0.2, -0.15) is 4.98 Å². The Bertz CT molecular complexity index is 175. The Labute approximate surface area is 54.9 Å². The first-order valence-corrected chi connectivity index (χ1v) is 4.26. The Kier molecular flexibility index (Phi) is 1.39. The van der Waals surface area contributed by atoms with E-state index in [1.807, 2.05) is 0 Å². The average molecular weight is 148 g/mol. The van der Waals surface area contributed by atoms with Crippen LogP contribution < -0.4 is 5.73 Å². The topological polar surface area (TPSA) is 51.8 Å². The monoisotopic (exact) mass is 148 g/mol. The normalized spacial score (nSPS) is 12.0. The van der Waals surface area contributed by atoms with Crippen molar-refractivity contribution in [3.05, 3.63) is 5.82 Å². The fraction of sp³-hybridized carbons (Fsp3) is 0.333. The molecule has 3 nitrogen and oxygen atoms in total. The Morgan fingerprint density at radius 3 is 2.50 bits per heavy atom. The zero-order valence-electron chi connectivity index (χ0n) is 4.33. The fourth-order valence-corrected chi connectivity index (χ4v) is 1.47. The number of hydrogen-bond donors (Lipinski definition) is 2. The van der Waals surface area contributed by atoms with Crippen molar-refractivity contribution in [1.29, 1.82) is 0 Å². The zero-order chi connectivity index (χ0) is 6.15. The summed E-state index contributed by atoms with van der Waals surface area (Å²) in [5, 5.41) is 0.519. The lowest BCUT2D eigenvalue weighted by Crippen LogP contribution is -1.81. The molecule has 0 aliphatic heterocycles. The van der Waals surface area contributed by atoms with Gasteiger partial charge in [0.2, 0.25) is 9.70 Å². The highest BCUT2D eigenvalue weighted by Crippen LogP contribution is 2.24. The summed E-state index contributed by atoms with van der Waals surface area (Å²) in [6.45, 7) is 1.80. The standard InChI is InChI=1S/C3H6N3S2/c1-2-5-3(4)8(7)6-2/h7H,1H3,(H2,4,5,6)/q+1. The molecule has 1 atom stereocenters. The minimum Gasteiger partial charge on any atom is -0.336 e. The van der Waals surface area contributed by atoms with Gasteiger partial charge in [0.05, 0.1) is 0 Å². The lowest BCUT2D eigenvalue weighted by Gasteiger charge is -1.64. The number of aromatic nitrogens is 2. The Morgan fingerprint density at radius 2 is 2.38 bits per heavy atom. The van der Waals surface area contributed by atoms with Crippen LogP contribution in [0, 0.1) is 6.92 Å². The molecule has 1 heterocycles. The third-order valence-corrected chi connectivity index (χ3v) is 2.39. The predicted octanol–water partition coefficient (Wildman–Crippen LogP) is 0.809. The Balaban J connectivity index is 3.14. The number of nitrogens with zero attached hydrogens (tertiary/aromatic N) is 2. The molecule has 0 fully saturated rings. The highest BCUT2D eigenvalue weighted by molar-refractivity contribution is 8.33. The van der Waals surface area contributed by atoms with E-state index in [-0.39, 0.29) is 0 Å². The third-order valence-electron chi connectivity index (χ3n) is 0.678. The van der Waals surface area contributed by atoms with Gasteiger partial charge in [-0.25, -0.2) is 0 Å². The molecule has 44 valence electrons. The lowest BCUT2D eigenvalue weighted by atomic mass is 10.8. The second-order valence-corrected chi connectivity index (χ2v) is 3.52. The quantitative estimate of drug-likeness (QED) is 0.325. The van der Waals surface area contributed by atoms with Gasteiger partial charge in [-0.3, -0.25) is 0 Å². The predicted molar refractivity (Wildman–Crippen MR) is 38.0 cm³/mol. The van der Waals surface area contributed by atoms with E-state index in [0.29, 0.717) is 5.13 Å². The van der Waals surface area contributed by atoms with Crippen molar-refractivity contribution in [2.24, 2.45) is 0 Å². The van der Waals surface area contributed by atoms with E-state index in [9.17, 15) is 0 Å². The molecule has 1 unspecified atom stereocenters. The largest absolute Gasteiger partial charge is 0.376 e. The maximum absolute atomic E-state index is 5.34. The van der Waals surface area contributed by atoms with E-state index < -0.39 is 9.70 Å². The van der Waals surface area contributed by atoms with Crippen LogP contribution >= 0.6 is 21.4 Å². The van der Waals surface area contributed by atoms with Crippen LogP contribution in [0.25, 0.3) is 0 Å². The van der Waals surface area contributed by atoms with Gasteiger partial charge >= 0.3 is 5.13 Å². The van der Waals surface area contributed by atoms with Gasteiger partial charge in [-0.05, 0) is 4.37 Å². The van der Waals surface area contributed by atoms with Crippen molar-refractivity contribution in [2.75, 3.05) is 5.73 Å². The summed E-state index contributed by atoms with van der Waals surface area (Å²) < 4.78 is 3.95. The molecule has 8 heavy (non-hydrogen) atoms. The van der Waals surface area contributed by atoms with Crippen LogP contribution in [0.1, 0.15) is 5.82 Å². The molecule has 2 N–H and O–H groups in total. The molecule has 0 aliphatic rings. The second-order valence-electron chi connectivity index (χ2n) is 1.35. The van der Waals surface area contributed by atoms with Crippen molar-refractivity contribution in [2.45, 2.75) is 6.92 Å². The molecular weight excluding hydrogens is 142 g/mol. The molecule has 5 heteroatoms. The zero-order valence-corrected chi connectivity index (χ0v) is 6.04. The summed E-state index contributed by atoms with van der Waals surface area (Å²) in [4.78, 5) is 3.85. The number of rotatable bonds is 0. The molecule has 0 aliphatic carbocycles. The molecule has 1 rings (SSSR count). The van der Waals surface area contributed by atoms with E-state index >= 15 is 0 Å². The van der Waals surface area contributed by atoms with Gasteiger partial charge in [-0.15, -0.1) is 0 Å². The third kappa shape index (κ3) is 0.924. The molecule has 0 saturated carbocycles. The molecular formula is C3H6N3S2+. The van der Waals surface area contributed by atoms with E-state index in [1.165, 1.54) is 0 Å². The van der Waals surface area contributed by atoms with Gasteiger partial charge in [0, 0.05) is 6.92 Å². The van der Waals surface area contributed by atoms with Gasteiger partial charge in [-0.1, -0.05) is 0 Å². The van der Waals surface area contributed by atoms with Crippen LogP contribution in [0.15, 0.2) is 0 Å². The van der Waals surface area contributed by atoms with Crippen LogP contribution in [0.4, 0.5) is 5.13 Å². The first-order valence-electron chi connectivity index (χ1n) is 2.03. The molecule has 0 aromatic carbocycles. The van der Waals surface area contributed by atoms with Crippen molar-refractivity contribution >= 4 is 26.5 Å². The summed E-state index contributed by atoms with van der Waals surface area (Å²) in [6.07, 6.45) is 0. The number of hydrogen-bond acceptors (Lipinski definition) is 4. The highest BCUT2D eigenvalue weighted by atomic mass is 33.1. The van der Waals surface area contributed by atoms with Crippen LogP contribution in [0.5, 0.6) is 0 Å². The maximum Gasteiger partial charge on any atom is 0.376 e. The van der Waals surface area contributed by atoms with Crippen LogP contribution in [0.2, 0.25) is 0 Å². The summed E-state index contributed by atoms with van der Waals surface area (Å²) in [7, 11) is -0.438. The average Bonchev–Trinajstić information content (AvgIpc) is 1.85. The summed E-state index contributed by atoms with van der Waals surface area (Å²) in [5.74, 6) is 0.723. The number of anilines is 1. The second kappa shape index (κ2) is 1.91. The number of nitrogens with two attached hydrogens (primary N) is 1. The van der Waals surface area contributed by atoms with E-state index in [2.05, 4.69) is 21.0 Å².